The minimum absolute atomic E-state index is 0.102. The van der Waals surface area contributed by atoms with Crippen LogP contribution in [0.3, 0.4) is 0 Å². The lowest BCUT2D eigenvalue weighted by Crippen LogP contribution is -2.27. The fourth-order valence-corrected chi connectivity index (χ4v) is 3.58. The van der Waals surface area contributed by atoms with E-state index in [2.05, 4.69) is 27.8 Å². The Balaban J connectivity index is 1.75. The molecule has 4 rings (SSSR count). The molecular weight excluding hydrogens is 340 g/mol. The van der Waals surface area contributed by atoms with Gasteiger partial charge in [-0.3, -0.25) is 9.78 Å². The number of pyridine rings is 2. The Labute approximate surface area is 157 Å². The summed E-state index contributed by atoms with van der Waals surface area (Å²) >= 11 is 0. The van der Waals surface area contributed by atoms with E-state index in [1.165, 1.54) is 4.57 Å². The molecule has 140 valence electrons. The molecule has 0 saturated carbocycles. The van der Waals surface area contributed by atoms with Crippen molar-refractivity contribution in [2.24, 2.45) is 7.05 Å². The molecule has 0 bridgehead atoms. The van der Waals surface area contributed by atoms with E-state index in [9.17, 15) is 4.79 Å². The molecular formula is C20H24N6O. The SMILES string of the molecule is CCNc1nc(-c2ccc(C3CCNCC3)nc2)cc2ncn(C)c(=O)c12. The molecule has 0 aromatic carbocycles. The summed E-state index contributed by atoms with van der Waals surface area (Å²) in [4.78, 5) is 26.3. The van der Waals surface area contributed by atoms with Gasteiger partial charge in [0.25, 0.3) is 5.56 Å². The van der Waals surface area contributed by atoms with Gasteiger partial charge in [0.15, 0.2) is 0 Å². The standard InChI is InChI=1S/C20H24N6O/c1-3-22-19-18-17(24-12-26(2)20(18)27)10-16(25-19)14-4-5-15(23-11-14)13-6-8-21-9-7-13/h4-5,10-13,21H,3,6-9H2,1-2H3,(H,22,25). The molecule has 0 unspecified atom stereocenters. The molecule has 7 heteroatoms. The summed E-state index contributed by atoms with van der Waals surface area (Å²) in [6, 6.07) is 6.02. The van der Waals surface area contributed by atoms with Crippen LogP contribution in [0.1, 0.15) is 31.4 Å². The number of nitrogens with one attached hydrogen (secondary N) is 2. The third-order valence-corrected chi connectivity index (χ3v) is 5.09. The smallest absolute Gasteiger partial charge is 0.264 e. The summed E-state index contributed by atoms with van der Waals surface area (Å²) in [5, 5.41) is 7.10. The first kappa shape index (κ1) is 17.6. The van der Waals surface area contributed by atoms with Crippen molar-refractivity contribution in [3.63, 3.8) is 0 Å². The molecule has 27 heavy (non-hydrogen) atoms. The van der Waals surface area contributed by atoms with Gasteiger partial charge in [-0.2, -0.15) is 0 Å². The Kier molecular flexibility index (Phi) is 4.85. The average molecular weight is 364 g/mol. The highest BCUT2D eigenvalue weighted by Crippen LogP contribution is 2.27. The first-order chi connectivity index (χ1) is 13.2. The van der Waals surface area contributed by atoms with Crippen molar-refractivity contribution < 1.29 is 0 Å². The zero-order valence-corrected chi connectivity index (χ0v) is 15.7. The summed E-state index contributed by atoms with van der Waals surface area (Å²) in [6.07, 6.45) is 5.67. The summed E-state index contributed by atoms with van der Waals surface area (Å²) in [7, 11) is 1.70. The number of nitrogens with zero attached hydrogens (tertiary/aromatic N) is 4. The topological polar surface area (TPSA) is 84.7 Å². The summed E-state index contributed by atoms with van der Waals surface area (Å²) < 4.78 is 1.47. The lowest BCUT2D eigenvalue weighted by Gasteiger charge is -2.22. The zero-order chi connectivity index (χ0) is 18.8. The highest BCUT2D eigenvalue weighted by atomic mass is 16.1. The van der Waals surface area contributed by atoms with Crippen molar-refractivity contribution in [1.82, 2.24) is 24.8 Å². The number of anilines is 1. The van der Waals surface area contributed by atoms with E-state index >= 15 is 0 Å². The number of hydrogen-bond donors (Lipinski definition) is 2. The summed E-state index contributed by atoms with van der Waals surface area (Å²) in [6.45, 7) is 4.76. The first-order valence-corrected chi connectivity index (χ1v) is 9.44. The minimum Gasteiger partial charge on any atom is -0.370 e. The van der Waals surface area contributed by atoms with Crippen LogP contribution in [0.25, 0.3) is 22.2 Å². The molecule has 0 spiro atoms. The largest absolute Gasteiger partial charge is 0.370 e. The molecule has 4 heterocycles. The second-order valence-corrected chi connectivity index (χ2v) is 6.94. The normalized spacial score (nSPS) is 15.2. The van der Waals surface area contributed by atoms with Crippen LogP contribution in [-0.2, 0) is 7.05 Å². The number of aryl methyl sites for hydroxylation is 1. The van der Waals surface area contributed by atoms with Crippen molar-refractivity contribution in [2.45, 2.75) is 25.7 Å². The van der Waals surface area contributed by atoms with Gasteiger partial charge in [-0.1, -0.05) is 0 Å². The number of fused-ring (bicyclic) bond motifs is 1. The fourth-order valence-electron chi connectivity index (χ4n) is 3.58. The molecule has 1 aliphatic rings. The van der Waals surface area contributed by atoms with Crippen LogP contribution in [0.5, 0.6) is 0 Å². The van der Waals surface area contributed by atoms with Gasteiger partial charge < -0.3 is 15.2 Å². The molecule has 0 radical (unpaired) electrons. The van der Waals surface area contributed by atoms with Gasteiger partial charge in [-0.25, -0.2) is 9.97 Å². The second-order valence-electron chi connectivity index (χ2n) is 6.94. The Bertz CT molecular complexity index is 1010. The Morgan fingerprint density at radius 1 is 1.26 bits per heavy atom. The van der Waals surface area contributed by atoms with Crippen LogP contribution in [-0.4, -0.2) is 39.2 Å². The number of aromatic nitrogens is 4. The maximum Gasteiger partial charge on any atom is 0.264 e. The maximum absolute atomic E-state index is 12.5. The number of rotatable bonds is 4. The van der Waals surface area contributed by atoms with Crippen LogP contribution >= 0.6 is 0 Å². The van der Waals surface area contributed by atoms with Gasteiger partial charge in [0, 0.05) is 37.0 Å². The van der Waals surface area contributed by atoms with Gasteiger partial charge in [0.05, 0.1) is 17.5 Å². The van der Waals surface area contributed by atoms with E-state index in [4.69, 9.17) is 9.97 Å². The Morgan fingerprint density at radius 3 is 2.78 bits per heavy atom. The van der Waals surface area contributed by atoms with Crippen LogP contribution in [0.4, 0.5) is 5.82 Å². The van der Waals surface area contributed by atoms with Gasteiger partial charge >= 0.3 is 0 Å². The molecule has 1 fully saturated rings. The summed E-state index contributed by atoms with van der Waals surface area (Å²) in [5.74, 6) is 1.09. The van der Waals surface area contributed by atoms with Crippen molar-refractivity contribution in [1.29, 1.82) is 0 Å². The summed E-state index contributed by atoms with van der Waals surface area (Å²) in [5.41, 5.74) is 3.37. The molecule has 1 aliphatic heterocycles. The molecule has 0 atom stereocenters. The molecule has 7 nitrogen and oxygen atoms in total. The monoisotopic (exact) mass is 364 g/mol. The van der Waals surface area contributed by atoms with Crippen LogP contribution < -0.4 is 16.2 Å². The van der Waals surface area contributed by atoms with Crippen LogP contribution in [0.15, 0.2) is 35.5 Å². The highest BCUT2D eigenvalue weighted by molar-refractivity contribution is 5.91. The second kappa shape index (κ2) is 7.44. The molecule has 1 saturated heterocycles. The van der Waals surface area contributed by atoms with Gasteiger partial charge in [-0.05, 0) is 51.1 Å². The average Bonchev–Trinajstić information content (AvgIpc) is 2.71. The Morgan fingerprint density at radius 2 is 2.07 bits per heavy atom. The highest BCUT2D eigenvalue weighted by Gasteiger charge is 2.17. The van der Waals surface area contributed by atoms with Crippen LogP contribution in [0.2, 0.25) is 0 Å². The third kappa shape index (κ3) is 3.42. The quantitative estimate of drug-likeness (QED) is 0.739. The van der Waals surface area contributed by atoms with Gasteiger partial charge in [0.1, 0.15) is 11.2 Å². The molecule has 0 amide bonds. The number of hydrogen-bond acceptors (Lipinski definition) is 6. The molecule has 2 N–H and O–H groups in total. The predicted molar refractivity (Wildman–Crippen MR) is 107 cm³/mol. The van der Waals surface area contributed by atoms with Gasteiger partial charge in [0.2, 0.25) is 0 Å². The van der Waals surface area contributed by atoms with Crippen molar-refractivity contribution in [3.8, 4) is 11.3 Å². The minimum atomic E-state index is -0.102. The van der Waals surface area contributed by atoms with Crippen molar-refractivity contribution in [2.75, 3.05) is 25.0 Å². The Hall–Kier alpha value is -2.80. The first-order valence-electron chi connectivity index (χ1n) is 9.44. The predicted octanol–water partition coefficient (Wildman–Crippen LogP) is 2.29. The zero-order valence-electron chi connectivity index (χ0n) is 15.7. The van der Waals surface area contributed by atoms with Crippen molar-refractivity contribution >= 4 is 16.7 Å². The molecule has 3 aromatic rings. The van der Waals surface area contributed by atoms with E-state index in [1.54, 1.807) is 13.4 Å². The number of piperidine rings is 1. The van der Waals surface area contributed by atoms with E-state index < -0.39 is 0 Å². The van der Waals surface area contributed by atoms with Gasteiger partial charge in [-0.15, -0.1) is 0 Å². The van der Waals surface area contributed by atoms with Crippen LogP contribution in [0, 0.1) is 0 Å². The maximum atomic E-state index is 12.5. The molecule has 0 aliphatic carbocycles. The van der Waals surface area contributed by atoms with E-state index in [0.29, 0.717) is 29.2 Å². The lowest BCUT2D eigenvalue weighted by atomic mass is 9.94. The van der Waals surface area contributed by atoms with E-state index in [-0.39, 0.29) is 5.56 Å². The third-order valence-electron chi connectivity index (χ3n) is 5.09. The molecule has 3 aromatic heterocycles. The fraction of sp³-hybridized carbons (Fsp3) is 0.400. The van der Waals surface area contributed by atoms with E-state index in [0.717, 1.165) is 42.9 Å². The van der Waals surface area contributed by atoms with Crippen molar-refractivity contribution in [3.05, 3.63) is 46.8 Å². The lowest BCUT2D eigenvalue weighted by molar-refractivity contribution is 0.453. The van der Waals surface area contributed by atoms with E-state index in [1.807, 2.05) is 19.2 Å².